The van der Waals surface area contributed by atoms with Gasteiger partial charge in [0.05, 0.1) is 17.3 Å². The first-order valence-electron chi connectivity index (χ1n) is 8.79. The number of nitrogens with one attached hydrogen (secondary N) is 1. The quantitative estimate of drug-likeness (QED) is 0.747. The summed E-state index contributed by atoms with van der Waals surface area (Å²) in [6.07, 6.45) is 2.60. The van der Waals surface area contributed by atoms with Crippen molar-refractivity contribution in [2.24, 2.45) is 0 Å². The van der Waals surface area contributed by atoms with Gasteiger partial charge in [-0.15, -0.1) is 0 Å². The molecule has 27 heavy (non-hydrogen) atoms. The van der Waals surface area contributed by atoms with Gasteiger partial charge in [-0.05, 0) is 43.2 Å². The molecule has 2 heterocycles. The number of rotatable bonds is 3. The number of hydrogen-bond acceptors (Lipinski definition) is 3. The van der Waals surface area contributed by atoms with Crippen LogP contribution in [0.25, 0.3) is 10.9 Å². The van der Waals surface area contributed by atoms with Crippen molar-refractivity contribution in [3.05, 3.63) is 69.0 Å². The Morgan fingerprint density at radius 1 is 1.26 bits per heavy atom. The zero-order valence-corrected chi connectivity index (χ0v) is 15.2. The van der Waals surface area contributed by atoms with Crippen LogP contribution in [0.2, 0.25) is 5.02 Å². The second-order valence-corrected chi connectivity index (χ2v) is 7.01. The maximum Gasteiger partial charge on any atom is 0.261 e. The number of carbonyl (C=O) groups excluding carboxylic acids is 1. The van der Waals surface area contributed by atoms with Crippen molar-refractivity contribution in [3.8, 4) is 0 Å². The van der Waals surface area contributed by atoms with Crippen LogP contribution in [0.4, 0.5) is 10.1 Å². The maximum absolute atomic E-state index is 13.9. The van der Waals surface area contributed by atoms with Gasteiger partial charge in [-0.1, -0.05) is 17.7 Å². The lowest BCUT2D eigenvalue weighted by Gasteiger charge is -2.18. The van der Waals surface area contributed by atoms with E-state index in [2.05, 4.69) is 10.3 Å². The molecule has 1 aromatic heterocycles. The highest BCUT2D eigenvalue weighted by Crippen LogP contribution is 2.21. The minimum Gasteiger partial charge on any atom is -0.326 e. The highest BCUT2D eigenvalue weighted by molar-refractivity contribution is 6.31. The van der Waals surface area contributed by atoms with Gasteiger partial charge in [-0.3, -0.25) is 14.2 Å². The summed E-state index contributed by atoms with van der Waals surface area (Å²) in [6.45, 7) is 0.666. The molecule has 0 fully saturated rings. The predicted molar refractivity (Wildman–Crippen MR) is 103 cm³/mol. The highest BCUT2D eigenvalue weighted by atomic mass is 35.5. The van der Waals surface area contributed by atoms with Gasteiger partial charge in [0.25, 0.3) is 5.56 Å². The number of fused-ring (bicyclic) bond motifs is 2. The van der Waals surface area contributed by atoms with E-state index in [9.17, 15) is 14.0 Å². The monoisotopic (exact) mass is 385 g/mol. The van der Waals surface area contributed by atoms with Crippen LogP contribution in [0, 0.1) is 5.82 Å². The Hall–Kier alpha value is -2.73. The molecule has 0 unspecified atom stereocenters. The van der Waals surface area contributed by atoms with Gasteiger partial charge in [-0.2, -0.15) is 0 Å². The third kappa shape index (κ3) is 3.45. The highest BCUT2D eigenvalue weighted by Gasteiger charge is 2.16. The van der Waals surface area contributed by atoms with Crippen LogP contribution >= 0.6 is 11.6 Å². The fraction of sp³-hybridized carbons (Fsp3) is 0.250. The normalized spacial score (nSPS) is 13.4. The number of halogens is 2. The van der Waals surface area contributed by atoms with Gasteiger partial charge >= 0.3 is 0 Å². The molecule has 0 radical (unpaired) electrons. The lowest BCUT2D eigenvalue weighted by molar-refractivity contribution is -0.115. The van der Waals surface area contributed by atoms with Crippen molar-refractivity contribution < 1.29 is 9.18 Å². The Bertz CT molecular complexity index is 1090. The second-order valence-electron chi connectivity index (χ2n) is 6.60. The van der Waals surface area contributed by atoms with Crippen LogP contribution in [-0.4, -0.2) is 15.5 Å². The lowest BCUT2D eigenvalue weighted by atomic mass is 10.1. The van der Waals surface area contributed by atoms with E-state index >= 15 is 0 Å². The summed E-state index contributed by atoms with van der Waals surface area (Å²) in [7, 11) is 0. The Morgan fingerprint density at radius 3 is 2.93 bits per heavy atom. The van der Waals surface area contributed by atoms with Crippen molar-refractivity contribution in [2.75, 3.05) is 5.32 Å². The molecular weight excluding hydrogens is 369 g/mol. The molecule has 1 N–H and O–H groups in total. The standard InChI is InChI=1S/C20H17ClFN3O2/c21-15-4-3-5-16(22)13(15)11-19(26)23-12-7-8-17-14(10-12)20(27)25-9-2-1-6-18(25)24-17/h3-5,7-8,10H,1-2,6,9,11H2,(H,23,26). The summed E-state index contributed by atoms with van der Waals surface area (Å²) in [5.74, 6) is -0.123. The first-order chi connectivity index (χ1) is 13.0. The second kappa shape index (κ2) is 7.12. The minimum absolute atomic E-state index is 0.0945. The predicted octanol–water partition coefficient (Wildman–Crippen LogP) is 3.71. The van der Waals surface area contributed by atoms with Gasteiger partial charge in [0, 0.05) is 29.2 Å². The molecule has 0 saturated carbocycles. The van der Waals surface area contributed by atoms with Crippen LogP contribution in [-0.2, 0) is 24.2 Å². The van der Waals surface area contributed by atoms with Crippen molar-refractivity contribution in [1.29, 1.82) is 0 Å². The van der Waals surface area contributed by atoms with Crippen molar-refractivity contribution in [1.82, 2.24) is 9.55 Å². The largest absolute Gasteiger partial charge is 0.326 e. The van der Waals surface area contributed by atoms with Gasteiger partial charge in [0.1, 0.15) is 11.6 Å². The average Bonchev–Trinajstić information content (AvgIpc) is 2.66. The molecule has 0 atom stereocenters. The Balaban J connectivity index is 1.62. The Labute approximate surface area is 159 Å². The molecule has 7 heteroatoms. The van der Waals surface area contributed by atoms with Gasteiger partial charge in [-0.25, -0.2) is 9.37 Å². The van der Waals surface area contributed by atoms with Crippen LogP contribution < -0.4 is 10.9 Å². The molecule has 1 aliphatic rings. The van der Waals surface area contributed by atoms with E-state index in [4.69, 9.17) is 11.6 Å². The molecule has 3 aromatic rings. The van der Waals surface area contributed by atoms with E-state index < -0.39 is 11.7 Å². The number of anilines is 1. The number of nitrogens with zero attached hydrogens (tertiary/aromatic N) is 2. The Morgan fingerprint density at radius 2 is 2.11 bits per heavy atom. The topological polar surface area (TPSA) is 64.0 Å². The molecule has 138 valence electrons. The summed E-state index contributed by atoms with van der Waals surface area (Å²) >= 11 is 5.97. The van der Waals surface area contributed by atoms with Crippen LogP contribution in [0.1, 0.15) is 24.2 Å². The first kappa shape index (κ1) is 17.7. The van der Waals surface area contributed by atoms with Crippen LogP contribution in [0.15, 0.2) is 41.2 Å². The van der Waals surface area contributed by atoms with Crippen molar-refractivity contribution >= 4 is 34.1 Å². The van der Waals surface area contributed by atoms with Crippen LogP contribution in [0.3, 0.4) is 0 Å². The van der Waals surface area contributed by atoms with E-state index in [0.717, 1.165) is 25.1 Å². The summed E-state index contributed by atoms with van der Waals surface area (Å²) in [6, 6.07) is 9.32. The van der Waals surface area contributed by atoms with E-state index in [1.807, 2.05) is 0 Å². The van der Waals surface area contributed by atoms with Crippen molar-refractivity contribution in [2.45, 2.75) is 32.2 Å². The SMILES string of the molecule is O=C(Cc1c(F)cccc1Cl)Nc1ccc2nc3n(c(=O)c2c1)CCCC3. The fourth-order valence-corrected chi connectivity index (χ4v) is 3.62. The van der Waals surface area contributed by atoms with Crippen molar-refractivity contribution in [3.63, 3.8) is 0 Å². The zero-order chi connectivity index (χ0) is 19.0. The molecule has 0 aliphatic carbocycles. The minimum atomic E-state index is -0.523. The molecule has 0 saturated heterocycles. The third-order valence-electron chi connectivity index (χ3n) is 4.75. The molecule has 1 aliphatic heterocycles. The number of aromatic nitrogens is 2. The van der Waals surface area contributed by atoms with E-state index in [0.29, 0.717) is 23.1 Å². The van der Waals surface area contributed by atoms with Gasteiger partial charge in [0.2, 0.25) is 5.91 Å². The molecule has 0 spiro atoms. The lowest BCUT2D eigenvalue weighted by Crippen LogP contribution is -2.28. The summed E-state index contributed by atoms with van der Waals surface area (Å²) in [4.78, 5) is 29.6. The number of carbonyl (C=O) groups is 1. The van der Waals surface area contributed by atoms with E-state index in [1.54, 1.807) is 28.8 Å². The number of benzene rings is 2. The maximum atomic E-state index is 13.9. The average molecular weight is 386 g/mol. The smallest absolute Gasteiger partial charge is 0.261 e. The molecule has 4 rings (SSSR count). The molecular formula is C20H17ClFN3O2. The first-order valence-corrected chi connectivity index (χ1v) is 9.17. The third-order valence-corrected chi connectivity index (χ3v) is 5.10. The van der Waals surface area contributed by atoms with Gasteiger partial charge in [0.15, 0.2) is 0 Å². The summed E-state index contributed by atoms with van der Waals surface area (Å²) in [5.41, 5.74) is 1.13. The molecule has 5 nitrogen and oxygen atoms in total. The van der Waals surface area contributed by atoms with Crippen LogP contribution in [0.5, 0.6) is 0 Å². The Kier molecular flexibility index (Phi) is 4.66. The molecule has 2 aromatic carbocycles. The fourth-order valence-electron chi connectivity index (χ4n) is 3.39. The van der Waals surface area contributed by atoms with E-state index in [1.165, 1.54) is 12.1 Å². The summed E-state index contributed by atoms with van der Waals surface area (Å²) in [5, 5.41) is 3.37. The zero-order valence-electron chi connectivity index (χ0n) is 14.5. The summed E-state index contributed by atoms with van der Waals surface area (Å²) < 4.78 is 15.6. The molecule has 0 bridgehead atoms. The van der Waals surface area contributed by atoms with Gasteiger partial charge < -0.3 is 5.32 Å². The number of hydrogen-bond donors (Lipinski definition) is 1. The molecule has 1 amide bonds. The number of aryl methyl sites for hydroxylation is 1. The van der Waals surface area contributed by atoms with E-state index in [-0.39, 0.29) is 22.6 Å². The number of amides is 1.